The molecule has 1 aliphatic carbocycles. The van der Waals surface area contributed by atoms with Crippen LogP contribution < -0.4 is 0 Å². The summed E-state index contributed by atoms with van der Waals surface area (Å²) in [6.07, 6.45) is 5.73. The van der Waals surface area contributed by atoms with E-state index >= 15 is 0 Å². The summed E-state index contributed by atoms with van der Waals surface area (Å²) >= 11 is 0. The van der Waals surface area contributed by atoms with Gasteiger partial charge in [0, 0.05) is 31.2 Å². The molecule has 2 heteroatoms. The zero-order chi connectivity index (χ0) is 10.1. The molecule has 1 saturated heterocycles. The van der Waals surface area contributed by atoms with Gasteiger partial charge in [0.25, 0.3) is 0 Å². The molecule has 2 aliphatic rings. The lowest BCUT2D eigenvalue weighted by Crippen LogP contribution is -2.60. The lowest BCUT2D eigenvalue weighted by atomic mass is 9.86. The Morgan fingerprint density at radius 2 is 1.64 bits per heavy atom. The van der Waals surface area contributed by atoms with Gasteiger partial charge in [0.1, 0.15) is 0 Å². The monoisotopic (exact) mass is 196 g/mol. The molecule has 2 fully saturated rings. The highest BCUT2D eigenvalue weighted by Gasteiger charge is 2.36. The highest BCUT2D eigenvalue weighted by Crippen LogP contribution is 2.30. The van der Waals surface area contributed by atoms with E-state index in [0.717, 1.165) is 18.1 Å². The number of hydrogen-bond acceptors (Lipinski definition) is 2. The molecule has 0 N–H and O–H groups in total. The summed E-state index contributed by atoms with van der Waals surface area (Å²) < 4.78 is 0. The zero-order valence-electron chi connectivity index (χ0n) is 9.87. The summed E-state index contributed by atoms with van der Waals surface area (Å²) in [5.74, 6) is 0. The van der Waals surface area contributed by atoms with Gasteiger partial charge in [-0.15, -0.1) is 0 Å². The van der Waals surface area contributed by atoms with Crippen molar-refractivity contribution in [2.24, 2.45) is 0 Å². The van der Waals surface area contributed by atoms with E-state index in [1.165, 1.54) is 38.8 Å². The van der Waals surface area contributed by atoms with Gasteiger partial charge in [0.2, 0.25) is 0 Å². The van der Waals surface area contributed by atoms with Gasteiger partial charge in [-0.3, -0.25) is 4.90 Å². The number of rotatable bonds is 1. The second-order valence-electron chi connectivity index (χ2n) is 5.23. The van der Waals surface area contributed by atoms with Crippen LogP contribution in [0, 0.1) is 0 Å². The Bertz CT molecular complexity index is 189. The fourth-order valence-corrected chi connectivity index (χ4v) is 3.24. The van der Waals surface area contributed by atoms with E-state index in [-0.39, 0.29) is 0 Å². The SMILES string of the molecule is CC(C)N1CCN(C)[C@@H]2CCCC[C@H]21. The van der Waals surface area contributed by atoms with E-state index in [9.17, 15) is 0 Å². The number of hydrogen-bond donors (Lipinski definition) is 0. The molecule has 0 spiro atoms. The average Bonchev–Trinajstić information content (AvgIpc) is 2.18. The molecule has 0 radical (unpaired) electrons. The molecule has 1 aliphatic heterocycles. The van der Waals surface area contributed by atoms with E-state index in [0.29, 0.717) is 0 Å². The number of fused-ring (bicyclic) bond motifs is 1. The average molecular weight is 196 g/mol. The quantitative estimate of drug-likeness (QED) is 0.632. The van der Waals surface area contributed by atoms with Crippen LogP contribution in [0.5, 0.6) is 0 Å². The summed E-state index contributed by atoms with van der Waals surface area (Å²) in [4.78, 5) is 5.31. The minimum Gasteiger partial charge on any atom is -0.301 e. The summed E-state index contributed by atoms with van der Waals surface area (Å²) in [5, 5.41) is 0. The van der Waals surface area contributed by atoms with Gasteiger partial charge < -0.3 is 4.90 Å². The largest absolute Gasteiger partial charge is 0.301 e. The highest BCUT2D eigenvalue weighted by atomic mass is 15.3. The van der Waals surface area contributed by atoms with Gasteiger partial charge in [0.15, 0.2) is 0 Å². The van der Waals surface area contributed by atoms with Gasteiger partial charge in [0.05, 0.1) is 0 Å². The summed E-state index contributed by atoms with van der Waals surface area (Å²) in [6, 6.07) is 2.43. The van der Waals surface area contributed by atoms with Crippen molar-refractivity contribution in [2.45, 2.75) is 57.7 Å². The number of likely N-dealkylation sites (N-methyl/N-ethyl adjacent to an activating group) is 1. The lowest BCUT2D eigenvalue weighted by molar-refractivity contribution is -0.00695. The first-order valence-corrected chi connectivity index (χ1v) is 6.16. The predicted octanol–water partition coefficient (Wildman–Crippen LogP) is 1.95. The Morgan fingerprint density at radius 3 is 2.29 bits per heavy atom. The first kappa shape index (κ1) is 10.4. The predicted molar refractivity (Wildman–Crippen MR) is 60.5 cm³/mol. The van der Waals surface area contributed by atoms with Crippen LogP contribution in [0.1, 0.15) is 39.5 Å². The van der Waals surface area contributed by atoms with Crippen LogP contribution in [0.15, 0.2) is 0 Å². The molecule has 0 unspecified atom stereocenters. The Kier molecular flexibility index (Phi) is 3.13. The van der Waals surface area contributed by atoms with Gasteiger partial charge in [-0.05, 0) is 33.7 Å². The van der Waals surface area contributed by atoms with Gasteiger partial charge in [-0.2, -0.15) is 0 Å². The molecule has 0 aromatic carbocycles. The maximum Gasteiger partial charge on any atom is 0.0254 e. The molecular weight excluding hydrogens is 172 g/mol. The molecule has 0 amide bonds. The van der Waals surface area contributed by atoms with Gasteiger partial charge in [-0.25, -0.2) is 0 Å². The first-order chi connectivity index (χ1) is 6.70. The Labute approximate surface area is 88.3 Å². The third-order valence-electron chi connectivity index (χ3n) is 4.06. The Hall–Kier alpha value is -0.0800. The van der Waals surface area contributed by atoms with Crippen molar-refractivity contribution in [1.82, 2.24) is 9.80 Å². The minimum absolute atomic E-state index is 0.731. The molecule has 2 rings (SSSR count). The van der Waals surface area contributed by atoms with Crippen molar-refractivity contribution in [1.29, 1.82) is 0 Å². The van der Waals surface area contributed by atoms with Crippen LogP contribution in [0.2, 0.25) is 0 Å². The number of nitrogens with zero attached hydrogens (tertiary/aromatic N) is 2. The van der Waals surface area contributed by atoms with Crippen molar-refractivity contribution in [3.63, 3.8) is 0 Å². The van der Waals surface area contributed by atoms with Gasteiger partial charge >= 0.3 is 0 Å². The second-order valence-corrected chi connectivity index (χ2v) is 5.23. The maximum absolute atomic E-state index is 2.73. The van der Waals surface area contributed by atoms with Crippen molar-refractivity contribution in [2.75, 3.05) is 20.1 Å². The standard InChI is InChI=1S/C12H24N2/c1-10(2)14-9-8-13(3)11-6-4-5-7-12(11)14/h10-12H,4-9H2,1-3H3/t11-,12-/m1/s1. The van der Waals surface area contributed by atoms with Crippen LogP contribution in [-0.4, -0.2) is 48.1 Å². The Balaban J connectivity index is 2.08. The molecule has 0 bridgehead atoms. The second kappa shape index (κ2) is 4.19. The smallest absolute Gasteiger partial charge is 0.0254 e. The van der Waals surface area contributed by atoms with Crippen LogP contribution in [0.3, 0.4) is 0 Å². The van der Waals surface area contributed by atoms with E-state index in [2.05, 4.69) is 30.7 Å². The third-order valence-corrected chi connectivity index (χ3v) is 4.06. The fraction of sp³-hybridized carbons (Fsp3) is 1.00. The fourth-order valence-electron chi connectivity index (χ4n) is 3.24. The normalized spacial score (nSPS) is 36.0. The topological polar surface area (TPSA) is 6.48 Å². The summed E-state index contributed by atoms with van der Waals surface area (Å²) in [7, 11) is 2.31. The molecule has 0 aromatic rings. The highest BCUT2D eigenvalue weighted by molar-refractivity contribution is 4.93. The Morgan fingerprint density at radius 1 is 1.00 bits per heavy atom. The number of piperazine rings is 1. The molecule has 1 heterocycles. The minimum atomic E-state index is 0.731. The zero-order valence-corrected chi connectivity index (χ0v) is 9.87. The summed E-state index contributed by atoms with van der Waals surface area (Å²) in [5.41, 5.74) is 0. The molecule has 82 valence electrons. The molecule has 0 aromatic heterocycles. The maximum atomic E-state index is 2.73. The molecule has 2 atom stereocenters. The van der Waals surface area contributed by atoms with Crippen LogP contribution in [0.25, 0.3) is 0 Å². The van der Waals surface area contributed by atoms with E-state index in [1.54, 1.807) is 0 Å². The van der Waals surface area contributed by atoms with Crippen molar-refractivity contribution in [3.05, 3.63) is 0 Å². The lowest BCUT2D eigenvalue weighted by Gasteiger charge is -2.50. The van der Waals surface area contributed by atoms with Crippen molar-refractivity contribution < 1.29 is 0 Å². The van der Waals surface area contributed by atoms with Crippen molar-refractivity contribution >= 4 is 0 Å². The molecule has 14 heavy (non-hydrogen) atoms. The first-order valence-electron chi connectivity index (χ1n) is 6.16. The van der Waals surface area contributed by atoms with E-state index < -0.39 is 0 Å². The van der Waals surface area contributed by atoms with Crippen LogP contribution in [-0.2, 0) is 0 Å². The van der Waals surface area contributed by atoms with E-state index in [4.69, 9.17) is 0 Å². The molecular formula is C12H24N2. The van der Waals surface area contributed by atoms with E-state index in [1.807, 2.05) is 0 Å². The molecule has 2 nitrogen and oxygen atoms in total. The van der Waals surface area contributed by atoms with Crippen molar-refractivity contribution in [3.8, 4) is 0 Å². The summed E-state index contributed by atoms with van der Waals surface area (Å²) in [6.45, 7) is 7.22. The molecule has 1 saturated carbocycles. The van der Waals surface area contributed by atoms with Crippen LogP contribution >= 0.6 is 0 Å². The van der Waals surface area contributed by atoms with Gasteiger partial charge in [-0.1, -0.05) is 12.8 Å². The van der Waals surface area contributed by atoms with Crippen LogP contribution in [0.4, 0.5) is 0 Å². The third kappa shape index (κ3) is 1.82.